The molecule has 0 aliphatic rings. The zero-order valence-corrected chi connectivity index (χ0v) is 14.1. The molecular formula is C16H20BrN3O. The second-order valence-electron chi connectivity index (χ2n) is 5.39. The van der Waals surface area contributed by atoms with Crippen molar-refractivity contribution in [2.75, 3.05) is 6.54 Å². The first-order valence-electron chi connectivity index (χ1n) is 7.00. The molecule has 0 bridgehead atoms. The summed E-state index contributed by atoms with van der Waals surface area (Å²) in [5, 5.41) is 3.35. The Morgan fingerprint density at radius 2 is 2.10 bits per heavy atom. The van der Waals surface area contributed by atoms with Gasteiger partial charge in [-0.1, -0.05) is 35.8 Å². The molecule has 1 aromatic carbocycles. The van der Waals surface area contributed by atoms with Crippen molar-refractivity contribution in [1.82, 2.24) is 15.3 Å². The number of halogens is 1. The van der Waals surface area contributed by atoms with Crippen molar-refractivity contribution >= 4 is 15.9 Å². The molecule has 5 heteroatoms. The highest BCUT2D eigenvalue weighted by Crippen LogP contribution is 2.26. The highest BCUT2D eigenvalue weighted by atomic mass is 79.9. The molecule has 0 aliphatic carbocycles. The van der Waals surface area contributed by atoms with Gasteiger partial charge in [0.1, 0.15) is 5.75 Å². The Kier molecular flexibility index (Phi) is 5.70. The summed E-state index contributed by atoms with van der Waals surface area (Å²) in [6.07, 6.45) is 3.39. The number of nitrogens with zero attached hydrogens (tertiary/aromatic N) is 2. The van der Waals surface area contributed by atoms with Gasteiger partial charge in [-0.3, -0.25) is 4.98 Å². The molecule has 112 valence electrons. The van der Waals surface area contributed by atoms with Gasteiger partial charge < -0.3 is 10.1 Å². The lowest BCUT2D eigenvalue weighted by Crippen LogP contribution is -2.19. The van der Waals surface area contributed by atoms with Crippen molar-refractivity contribution < 1.29 is 4.74 Å². The van der Waals surface area contributed by atoms with E-state index in [1.54, 1.807) is 12.4 Å². The number of benzene rings is 1. The lowest BCUT2D eigenvalue weighted by atomic mass is 10.2. The summed E-state index contributed by atoms with van der Waals surface area (Å²) in [5.74, 6) is 1.91. The molecule has 0 aliphatic heterocycles. The second kappa shape index (κ2) is 7.52. The van der Waals surface area contributed by atoms with Crippen LogP contribution in [0.25, 0.3) is 0 Å². The van der Waals surface area contributed by atoms with Gasteiger partial charge in [0.15, 0.2) is 0 Å². The minimum absolute atomic E-state index is 0.514. The molecule has 2 rings (SSSR count). The van der Waals surface area contributed by atoms with Crippen molar-refractivity contribution in [2.45, 2.75) is 27.3 Å². The van der Waals surface area contributed by atoms with Gasteiger partial charge in [0, 0.05) is 17.2 Å². The third kappa shape index (κ3) is 5.10. The van der Waals surface area contributed by atoms with Crippen LogP contribution in [0.15, 0.2) is 35.1 Å². The third-order valence-corrected chi connectivity index (χ3v) is 3.38. The van der Waals surface area contributed by atoms with Crippen LogP contribution in [0.4, 0.5) is 0 Å². The van der Waals surface area contributed by atoms with E-state index in [4.69, 9.17) is 4.74 Å². The average Bonchev–Trinajstić information content (AvgIpc) is 2.43. The molecule has 21 heavy (non-hydrogen) atoms. The van der Waals surface area contributed by atoms with Crippen LogP contribution in [0, 0.1) is 12.8 Å². The molecule has 1 heterocycles. The number of nitrogens with one attached hydrogen (secondary N) is 1. The summed E-state index contributed by atoms with van der Waals surface area (Å²) in [6.45, 7) is 8.00. The van der Waals surface area contributed by atoms with E-state index in [0.717, 1.165) is 28.0 Å². The Labute approximate surface area is 134 Å². The number of aromatic nitrogens is 2. The van der Waals surface area contributed by atoms with Gasteiger partial charge in [0.25, 0.3) is 0 Å². The fraction of sp³-hybridized carbons (Fsp3) is 0.375. The molecule has 4 nitrogen and oxygen atoms in total. The van der Waals surface area contributed by atoms with Crippen LogP contribution in [0.2, 0.25) is 0 Å². The van der Waals surface area contributed by atoms with Gasteiger partial charge in [-0.2, -0.15) is 0 Å². The number of rotatable bonds is 6. The van der Waals surface area contributed by atoms with Crippen LogP contribution in [-0.4, -0.2) is 16.5 Å². The van der Waals surface area contributed by atoms with Crippen molar-refractivity contribution in [1.29, 1.82) is 0 Å². The van der Waals surface area contributed by atoms with E-state index in [-0.39, 0.29) is 0 Å². The normalized spacial score (nSPS) is 10.9. The lowest BCUT2D eigenvalue weighted by molar-refractivity contribution is 0.451. The van der Waals surface area contributed by atoms with Crippen LogP contribution < -0.4 is 10.1 Å². The average molecular weight is 350 g/mol. The topological polar surface area (TPSA) is 47.0 Å². The van der Waals surface area contributed by atoms with E-state index in [1.165, 1.54) is 0 Å². The summed E-state index contributed by atoms with van der Waals surface area (Å²) in [7, 11) is 0. The van der Waals surface area contributed by atoms with Gasteiger partial charge in [-0.15, -0.1) is 0 Å². The number of hydrogen-bond acceptors (Lipinski definition) is 4. The van der Waals surface area contributed by atoms with Crippen LogP contribution in [0.5, 0.6) is 11.6 Å². The molecule has 0 radical (unpaired) electrons. The van der Waals surface area contributed by atoms with E-state index in [2.05, 4.69) is 45.1 Å². The highest BCUT2D eigenvalue weighted by Gasteiger charge is 2.05. The maximum absolute atomic E-state index is 5.83. The predicted octanol–water partition coefficient (Wildman–Crippen LogP) is 4.09. The molecule has 0 unspecified atom stereocenters. The molecule has 0 spiro atoms. The quantitative estimate of drug-likeness (QED) is 0.853. The lowest BCUT2D eigenvalue weighted by Gasteiger charge is -2.10. The third-order valence-electron chi connectivity index (χ3n) is 2.89. The van der Waals surface area contributed by atoms with E-state index in [1.807, 2.05) is 25.1 Å². The maximum atomic E-state index is 5.83. The van der Waals surface area contributed by atoms with E-state index in [0.29, 0.717) is 18.3 Å². The van der Waals surface area contributed by atoms with Gasteiger partial charge in [-0.05, 0) is 37.1 Å². The summed E-state index contributed by atoms with van der Waals surface area (Å²) in [4.78, 5) is 8.66. The molecular weight excluding hydrogens is 330 g/mol. The number of ether oxygens (including phenoxy) is 1. The molecule has 0 saturated carbocycles. The summed E-state index contributed by atoms with van der Waals surface area (Å²) in [5.41, 5.74) is 1.93. The first-order chi connectivity index (χ1) is 10.0. The molecule has 0 atom stereocenters. The van der Waals surface area contributed by atoms with Gasteiger partial charge >= 0.3 is 0 Å². The molecule has 1 aromatic heterocycles. The zero-order chi connectivity index (χ0) is 15.2. The summed E-state index contributed by atoms with van der Waals surface area (Å²) in [6, 6.07) is 5.92. The van der Waals surface area contributed by atoms with Crippen molar-refractivity contribution in [3.05, 3.63) is 46.3 Å². The SMILES string of the molecule is Cc1ccc(Br)cc1Oc1cncc(CNCC(C)C)n1. The van der Waals surface area contributed by atoms with Gasteiger partial charge in [0.2, 0.25) is 5.88 Å². The highest BCUT2D eigenvalue weighted by molar-refractivity contribution is 9.10. The van der Waals surface area contributed by atoms with Crippen LogP contribution >= 0.6 is 15.9 Å². The van der Waals surface area contributed by atoms with E-state index in [9.17, 15) is 0 Å². The Morgan fingerprint density at radius 3 is 2.86 bits per heavy atom. The van der Waals surface area contributed by atoms with Gasteiger partial charge in [-0.25, -0.2) is 4.98 Å². The largest absolute Gasteiger partial charge is 0.437 e. The second-order valence-corrected chi connectivity index (χ2v) is 6.30. The Morgan fingerprint density at radius 1 is 1.29 bits per heavy atom. The van der Waals surface area contributed by atoms with E-state index < -0.39 is 0 Å². The van der Waals surface area contributed by atoms with E-state index >= 15 is 0 Å². The van der Waals surface area contributed by atoms with Crippen molar-refractivity contribution in [3.63, 3.8) is 0 Å². The Bertz CT molecular complexity index is 602. The maximum Gasteiger partial charge on any atom is 0.238 e. The summed E-state index contributed by atoms with van der Waals surface area (Å²) >= 11 is 3.45. The minimum Gasteiger partial charge on any atom is -0.437 e. The Balaban J connectivity index is 2.05. The van der Waals surface area contributed by atoms with Crippen molar-refractivity contribution in [3.8, 4) is 11.6 Å². The van der Waals surface area contributed by atoms with Gasteiger partial charge in [0.05, 0.1) is 11.9 Å². The first kappa shape index (κ1) is 15.9. The standard InChI is InChI=1S/C16H20BrN3O/c1-11(2)7-18-8-14-9-19-10-16(20-14)21-15-6-13(17)5-4-12(15)3/h4-6,9-11,18H,7-8H2,1-3H3. The van der Waals surface area contributed by atoms with Crippen LogP contribution in [-0.2, 0) is 6.54 Å². The molecule has 1 N–H and O–H groups in total. The Hall–Kier alpha value is -1.46. The van der Waals surface area contributed by atoms with Crippen LogP contribution in [0.3, 0.4) is 0 Å². The molecule has 0 amide bonds. The monoisotopic (exact) mass is 349 g/mol. The fourth-order valence-corrected chi connectivity index (χ4v) is 2.15. The molecule has 0 fully saturated rings. The first-order valence-corrected chi connectivity index (χ1v) is 7.79. The minimum atomic E-state index is 0.514. The molecule has 0 saturated heterocycles. The zero-order valence-electron chi connectivity index (χ0n) is 12.6. The fourth-order valence-electron chi connectivity index (χ4n) is 1.81. The smallest absolute Gasteiger partial charge is 0.238 e. The molecule has 2 aromatic rings. The number of aryl methyl sites for hydroxylation is 1. The predicted molar refractivity (Wildman–Crippen MR) is 87.5 cm³/mol. The number of hydrogen-bond donors (Lipinski definition) is 1. The summed E-state index contributed by atoms with van der Waals surface area (Å²) < 4.78 is 6.80. The van der Waals surface area contributed by atoms with Crippen LogP contribution in [0.1, 0.15) is 25.1 Å². The van der Waals surface area contributed by atoms with Crippen molar-refractivity contribution in [2.24, 2.45) is 5.92 Å².